The van der Waals surface area contributed by atoms with E-state index in [9.17, 15) is 0 Å². The van der Waals surface area contributed by atoms with Crippen molar-refractivity contribution in [2.75, 3.05) is 38.6 Å². The second-order valence-corrected chi connectivity index (χ2v) is 6.63. The normalized spacial score (nSPS) is 27.6. The highest BCUT2D eigenvalue weighted by molar-refractivity contribution is 5.45. The number of piperazine rings is 1. The van der Waals surface area contributed by atoms with Crippen LogP contribution in [0.1, 0.15) is 25.3 Å². The highest BCUT2D eigenvalue weighted by Gasteiger charge is 2.34. The van der Waals surface area contributed by atoms with Gasteiger partial charge in [0.15, 0.2) is 0 Å². The molecule has 0 N–H and O–H groups in total. The van der Waals surface area contributed by atoms with Crippen LogP contribution in [-0.2, 0) is 6.54 Å². The number of nitrogens with zero attached hydrogens (tertiary/aromatic N) is 3. The molecular weight excluding hydrogens is 246 g/mol. The van der Waals surface area contributed by atoms with Crippen molar-refractivity contribution >= 4 is 5.69 Å². The first-order valence-electron chi connectivity index (χ1n) is 7.88. The first-order valence-corrected chi connectivity index (χ1v) is 7.88. The van der Waals surface area contributed by atoms with E-state index in [4.69, 9.17) is 0 Å². The summed E-state index contributed by atoms with van der Waals surface area (Å²) in [7, 11) is 4.19. The third-order valence-corrected chi connectivity index (χ3v) is 4.90. The third-order valence-electron chi connectivity index (χ3n) is 4.90. The maximum atomic E-state index is 2.69. The number of rotatable bonds is 3. The summed E-state index contributed by atoms with van der Waals surface area (Å²) >= 11 is 0. The molecule has 3 rings (SSSR count). The third kappa shape index (κ3) is 2.84. The van der Waals surface area contributed by atoms with Gasteiger partial charge in [0.05, 0.1) is 0 Å². The lowest BCUT2D eigenvalue weighted by atomic mass is 10.1. The fourth-order valence-electron chi connectivity index (χ4n) is 3.60. The molecule has 0 amide bonds. The number of hydrogen-bond donors (Lipinski definition) is 0. The Morgan fingerprint density at radius 3 is 2.60 bits per heavy atom. The molecule has 0 aliphatic carbocycles. The summed E-state index contributed by atoms with van der Waals surface area (Å²) in [6.45, 7) is 7.29. The van der Waals surface area contributed by atoms with Crippen molar-refractivity contribution in [3.05, 3.63) is 29.8 Å². The summed E-state index contributed by atoms with van der Waals surface area (Å²) in [5, 5.41) is 0. The molecule has 2 heterocycles. The summed E-state index contributed by atoms with van der Waals surface area (Å²) in [6.07, 6.45) is 2.78. The Hall–Kier alpha value is -1.06. The van der Waals surface area contributed by atoms with Crippen molar-refractivity contribution < 1.29 is 0 Å². The minimum Gasteiger partial charge on any atom is -0.378 e. The molecule has 2 fully saturated rings. The van der Waals surface area contributed by atoms with Crippen LogP contribution in [0.4, 0.5) is 5.69 Å². The topological polar surface area (TPSA) is 9.72 Å². The number of benzene rings is 1. The van der Waals surface area contributed by atoms with E-state index in [0.717, 1.165) is 12.6 Å². The number of hydrogen-bond acceptors (Lipinski definition) is 3. The van der Waals surface area contributed by atoms with Crippen LogP contribution in [0.3, 0.4) is 0 Å². The molecule has 2 atom stereocenters. The van der Waals surface area contributed by atoms with Gasteiger partial charge in [-0.25, -0.2) is 0 Å². The smallest absolute Gasteiger partial charge is 0.0361 e. The van der Waals surface area contributed by atoms with Crippen LogP contribution < -0.4 is 4.90 Å². The lowest BCUT2D eigenvalue weighted by Gasteiger charge is -2.42. The Bertz CT molecular complexity index is 440. The van der Waals surface area contributed by atoms with E-state index < -0.39 is 0 Å². The van der Waals surface area contributed by atoms with Crippen LogP contribution in [0.5, 0.6) is 0 Å². The zero-order valence-electron chi connectivity index (χ0n) is 13.0. The van der Waals surface area contributed by atoms with Crippen LogP contribution in [0.15, 0.2) is 24.3 Å². The zero-order chi connectivity index (χ0) is 14.1. The van der Waals surface area contributed by atoms with E-state index in [0.29, 0.717) is 6.04 Å². The average Bonchev–Trinajstić information content (AvgIpc) is 2.87. The van der Waals surface area contributed by atoms with E-state index in [-0.39, 0.29) is 0 Å². The SMILES string of the molecule is C[C@@H]1CN2CCCC2CN1Cc1ccc(N(C)C)cc1. The zero-order valence-corrected chi connectivity index (χ0v) is 13.0. The minimum atomic E-state index is 0.679. The standard InChI is InChI=1S/C17H27N3/c1-14-11-19-10-4-5-17(19)13-20(14)12-15-6-8-16(9-7-15)18(2)3/h6-9,14,17H,4-5,10-13H2,1-3H3/t14-,17?/m1/s1. The van der Waals surface area contributed by atoms with Gasteiger partial charge in [0.1, 0.15) is 0 Å². The maximum Gasteiger partial charge on any atom is 0.0361 e. The molecule has 2 saturated heterocycles. The molecule has 0 radical (unpaired) electrons. The molecular formula is C17H27N3. The first kappa shape index (κ1) is 13.9. The summed E-state index contributed by atoms with van der Waals surface area (Å²) in [5.41, 5.74) is 2.72. The van der Waals surface area contributed by atoms with Gasteiger partial charge in [0.2, 0.25) is 0 Å². The molecule has 110 valence electrons. The van der Waals surface area contributed by atoms with Crippen molar-refractivity contribution in [3.63, 3.8) is 0 Å². The molecule has 20 heavy (non-hydrogen) atoms. The van der Waals surface area contributed by atoms with Gasteiger partial charge in [-0.2, -0.15) is 0 Å². The first-order chi connectivity index (χ1) is 9.63. The minimum absolute atomic E-state index is 0.679. The Morgan fingerprint density at radius 1 is 1.15 bits per heavy atom. The van der Waals surface area contributed by atoms with Crippen LogP contribution in [0.25, 0.3) is 0 Å². The Balaban J connectivity index is 1.64. The summed E-state index contributed by atoms with van der Waals surface area (Å²) in [4.78, 5) is 7.51. The van der Waals surface area contributed by atoms with Crippen molar-refractivity contribution in [2.24, 2.45) is 0 Å². The maximum absolute atomic E-state index is 2.69. The molecule has 2 aliphatic heterocycles. The largest absolute Gasteiger partial charge is 0.378 e. The Morgan fingerprint density at radius 2 is 1.90 bits per heavy atom. The average molecular weight is 273 g/mol. The number of fused-ring (bicyclic) bond motifs is 1. The molecule has 0 saturated carbocycles. The van der Waals surface area contributed by atoms with Crippen molar-refractivity contribution in [3.8, 4) is 0 Å². The molecule has 3 nitrogen and oxygen atoms in total. The van der Waals surface area contributed by atoms with E-state index >= 15 is 0 Å². The van der Waals surface area contributed by atoms with Crippen molar-refractivity contribution in [1.29, 1.82) is 0 Å². The predicted molar refractivity (Wildman–Crippen MR) is 85.2 cm³/mol. The van der Waals surface area contributed by atoms with Crippen molar-refractivity contribution in [2.45, 2.75) is 38.4 Å². The lowest BCUT2D eigenvalue weighted by molar-refractivity contribution is 0.0540. The Labute approximate surface area is 123 Å². The molecule has 0 spiro atoms. The fraction of sp³-hybridized carbons (Fsp3) is 0.647. The molecule has 1 aromatic rings. The lowest BCUT2D eigenvalue weighted by Crippen LogP contribution is -2.54. The second kappa shape index (κ2) is 5.74. The van der Waals surface area contributed by atoms with Gasteiger partial charge in [-0.05, 0) is 44.0 Å². The molecule has 1 aromatic carbocycles. The van der Waals surface area contributed by atoms with E-state index in [1.165, 1.54) is 43.7 Å². The summed E-state index contributed by atoms with van der Waals surface area (Å²) in [6, 6.07) is 10.5. The van der Waals surface area contributed by atoms with Crippen molar-refractivity contribution in [1.82, 2.24) is 9.80 Å². The van der Waals surface area contributed by atoms with Gasteiger partial charge >= 0.3 is 0 Å². The summed E-state index contributed by atoms with van der Waals surface area (Å²) < 4.78 is 0. The van der Waals surface area contributed by atoms with Gasteiger partial charge < -0.3 is 4.90 Å². The Kier molecular flexibility index (Phi) is 3.99. The highest BCUT2D eigenvalue weighted by Crippen LogP contribution is 2.26. The number of anilines is 1. The second-order valence-electron chi connectivity index (χ2n) is 6.63. The molecule has 2 aliphatic rings. The molecule has 0 aromatic heterocycles. The van der Waals surface area contributed by atoms with Crippen LogP contribution in [0.2, 0.25) is 0 Å². The highest BCUT2D eigenvalue weighted by atomic mass is 15.3. The molecule has 3 heteroatoms. The van der Waals surface area contributed by atoms with Gasteiger partial charge in [-0.3, -0.25) is 9.80 Å². The molecule has 1 unspecified atom stereocenters. The van der Waals surface area contributed by atoms with E-state index in [1.54, 1.807) is 0 Å². The van der Waals surface area contributed by atoms with Gasteiger partial charge in [-0.1, -0.05) is 12.1 Å². The van der Waals surface area contributed by atoms with E-state index in [1.807, 2.05) is 0 Å². The van der Waals surface area contributed by atoms with Crippen LogP contribution in [0, 0.1) is 0 Å². The van der Waals surface area contributed by atoms with Gasteiger partial charge in [-0.15, -0.1) is 0 Å². The van der Waals surface area contributed by atoms with Crippen LogP contribution >= 0.6 is 0 Å². The predicted octanol–water partition coefficient (Wildman–Crippen LogP) is 2.42. The molecule has 0 bridgehead atoms. The van der Waals surface area contributed by atoms with Gasteiger partial charge in [0.25, 0.3) is 0 Å². The fourth-order valence-corrected chi connectivity index (χ4v) is 3.60. The van der Waals surface area contributed by atoms with E-state index in [2.05, 4.69) is 60.0 Å². The van der Waals surface area contributed by atoms with Crippen LogP contribution in [-0.4, -0.2) is 55.6 Å². The van der Waals surface area contributed by atoms with Gasteiger partial charge in [0, 0.05) is 51.5 Å². The quantitative estimate of drug-likeness (QED) is 0.837. The monoisotopic (exact) mass is 273 g/mol. The summed E-state index contributed by atoms with van der Waals surface area (Å²) in [5.74, 6) is 0.